The second kappa shape index (κ2) is 10.7. The van der Waals surface area contributed by atoms with Crippen molar-refractivity contribution in [3.63, 3.8) is 0 Å². The minimum atomic E-state index is -1.05. The van der Waals surface area contributed by atoms with Crippen LogP contribution < -0.4 is 10.6 Å². The minimum Gasteiger partial charge on any atom is -0.480 e. The molecule has 2 aromatic carbocycles. The van der Waals surface area contributed by atoms with Crippen molar-refractivity contribution in [2.45, 2.75) is 52.5 Å². The highest BCUT2D eigenvalue weighted by Gasteiger charge is 2.29. The van der Waals surface area contributed by atoms with E-state index in [2.05, 4.69) is 34.9 Å². The van der Waals surface area contributed by atoms with Gasteiger partial charge in [-0.05, 0) is 40.5 Å². The van der Waals surface area contributed by atoms with Crippen molar-refractivity contribution in [3.8, 4) is 11.1 Å². The SMILES string of the molecule is CC(CCNC(=O)OCC1c2ccccc2-c2ccccc21)C(=O)NC(CC(C)(C)C)C(=O)O. The highest BCUT2D eigenvalue weighted by molar-refractivity contribution is 5.85. The van der Waals surface area contributed by atoms with Crippen LogP contribution in [-0.4, -0.2) is 42.3 Å². The van der Waals surface area contributed by atoms with E-state index < -0.39 is 24.0 Å². The summed E-state index contributed by atoms with van der Waals surface area (Å²) in [5.41, 5.74) is 4.39. The molecule has 182 valence electrons. The molecule has 2 aromatic rings. The van der Waals surface area contributed by atoms with Crippen molar-refractivity contribution >= 4 is 18.0 Å². The highest BCUT2D eigenvalue weighted by atomic mass is 16.5. The average Bonchev–Trinajstić information content (AvgIpc) is 3.10. The lowest BCUT2D eigenvalue weighted by Gasteiger charge is -2.25. The molecular formula is C27H34N2O5. The Kier molecular flexibility index (Phi) is 7.97. The summed E-state index contributed by atoms with van der Waals surface area (Å²) < 4.78 is 5.50. The van der Waals surface area contributed by atoms with E-state index in [1.54, 1.807) is 6.92 Å². The van der Waals surface area contributed by atoms with Crippen LogP contribution in [0.15, 0.2) is 48.5 Å². The van der Waals surface area contributed by atoms with E-state index >= 15 is 0 Å². The summed E-state index contributed by atoms with van der Waals surface area (Å²) in [4.78, 5) is 36.2. The number of amides is 2. The number of benzene rings is 2. The molecular weight excluding hydrogens is 432 g/mol. The van der Waals surface area contributed by atoms with Gasteiger partial charge in [-0.15, -0.1) is 0 Å². The van der Waals surface area contributed by atoms with Crippen molar-refractivity contribution in [2.75, 3.05) is 13.2 Å². The molecule has 7 heteroatoms. The van der Waals surface area contributed by atoms with Crippen LogP contribution in [0, 0.1) is 11.3 Å². The van der Waals surface area contributed by atoms with Crippen LogP contribution in [-0.2, 0) is 14.3 Å². The maximum Gasteiger partial charge on any atom is 0.407 e. The number of fused-ring (bicyclic) bond motifs is 3. The van der Waals surface area contributed by atoms with Gasteiger partial charge in [-0.2, -0.15) is 0 Å². The fraction of sp³-hybridized carbons (Fsp3) is 0.444. The summed E-state index contributed by atoms with van der Waals surface area (Å²) in [5, 5.41) is 14.7. The molecule has 2 unspecified atom stereocenters. The molecule has 34 heavy (non-hydrogen) atoms. The molecule has 3 N–H and O–H groups in total. The first-order valence-corrected chi connectivity index (χ1v) is 11.7. The Morgan fingerprint density at radius 2 is 1.56 bits per heavy atom. The van der Waals surface area contributed by atoms with Gasteiger partial charge in [0.05, 0.1) is 0 Å². The van der Waals surface area contributed by atoms with Crippen LogP contribution in [0.25, 0.3) is 11.1 Å². The normalized spacial score (nSPS) is 14.5. The first-order chi connectivity index (χ1) is 16.1. The number of nitrogens with one attached hydrogen (secondary N) is 2. The zero-order chi connectivity index (χ0) is 24.9. The van der Waals surface area contributed by atoms with Crippen LogP contribution in [0.3, 0.4) is 0 Å². The number of rotatable bonds is 9. The van der Waals surface area contributed by atoms with Crippen LogP contribution in [0.4, 0.5) is 4.79 Å². The fourth-order valence-corrected chi connectivity index (χ4v) is 4.30. The number of hydrogen-bond donors (Lipinski definition) is 3. The number of carbonyl (C=O) groups excluding carboxylic acids is 2. The summed E-state index contributed by atoms with van der Waals surface area (Å²) >= 11 is 0. The Labute approximate surface area is 200 Å². The van der Waals surface area contributed by atoms with Crippen LogP contribution in [0.2, 0.25) is 0 Å². The molecule has 0 saturated carbocycles. The Morgan fingerprint density at radius 3 is 2.09 bits per heavy atom. The zero-order valence-electron chi connectivity index (χ0n) is 20.3. The second-order valence-electron chi connectivity index (χ2n) is 10.1. The number of carboxylic acid groups (broad SMARTS) is 1. The summed E-state index contributed by atoms with van der Waals surface area (Å²) in [6, 6.07) is 15.3. The smallest absolute Gasteiger partial charge is 0.407 e. The molecule has 2 amide bonds. The molecule has 1 aliphatic carbocycles. The predicted molar refractivity (Wildman–Crippen MR) is 130 cm³/mol. The van der Waals surface area contributed by atoms with Gasteiger partial charge in [-0.1, -0.05) is 76.2 Å². The molecule has 0 aliphatic heterocycles. The molecule has 0 heterocycles. The predicted octanol–water partition coefficient (Wildman–Crippen LogP) is 4.56. The van der Waals surface area contributed by atoms with E-state index in [0.29, 0.717) is 12.8 Å². The van der Waals surface area contributed by atoms with Crippen molar-refractivity contribution in [3.05, 3.63) is 59.7 Å². The number of hydrogen-bond acceptors (Lipinski definition) is 4. The van der Waals surface area contributed by atoms with Gasteiger partial charge in [0.1, 0.15) is 12.6 Å². The van der Waals surface area contributed by atoms with E-state index in [1.165, 1.54) is 0 Å². The Hall–Kier alpha value is -3.35. The van der Waals surface area contributed by atoms with Gasteiger partial charge in [-0.25, -0.2) is 9.59 Å². The van der Waals surface area contributed by atoms with Gasteiger partial charge in [0.25, 0.3) is 0 Å². The van der Waals surface area contributed by atoms with Gasteiger partial charge in [0.15, 0.2) is 0 Å². The maximum atomic E-state index is 12.4. The quantitative estimate of drug-likeness (QED) is 0.503. The molecule has 2 atom stereocenters. The van der Waals surface area contributed by atoms with Crippen LogP contribution in [0.5, 0.6) is 0 Å². The molecule has 0 spiro atoms. The molecule has 0 fully saturated rings. The van der Waals surface area contributed by atoms with Gasteiger partial charge < -0.3 is 20.5 Å². The first kappa shape index (κ1) is 25.3. The summed E-state index contributed by atoms with van der Waals surface area (Å²) in [6.45, 7) is 7.97. The molecule has 3 rings (SSSR count). The lowest BCUT2D eigenvalue weighted by atomic mass is 9.88. The lowest BCUT2D eigenvalue weighted by Crippen LogP contribution is -2.45. The van der Waals surface area contributed by atoms with Crippen molar-refractivity contribution in [1.29, 1.82) is 0 Å². The highest BCUT2D eigenvalue weighted by Crippen LogP contribution is 2.44. The second-order valence-corrected chi connectivity index (χ2v) is 10.1. The summed E-state index contributed by atoms with van der Waals surface area (Å²) in [6.07, 6.45) is 0.169. The van der Waals surface area contributed by atoms with E-state index in [1.807, 2.05) is 45.0 Å². The van der Waals surface area contributed by atoms with Crippen molar-refractivity contribution < 1.29 is 24.2 Å². The molecule has 0 aromatic heterocycles. The molecule has 0 bridgehead atoms. The standard InChI is InChI=1S/C27H34N2O5/c1-17(24(30)29-23(25(31)32)15-27(2,3)4)13-14-28-26(33)34-16-22-20-11-7-5-9-18(20)19-10-6-8-12-21(19)22/h5-12,17,22-23H,13-16H2,1-4H3,(H,28,33)(H,29,30)(H,31,32). The summed E-state index contributed by atoms with van der Waals surface area (Å²) in [5.74, 6) is -1.85. The minimum absolute atomic E-state index is 0.0152. The Balaban J connectivity index is 1.46. The zero-order valence-corrected chi connectivity index (χ0v) is 20.3. The van der Waals surface area contributed by atoms with Crippen LogP contribution >= 0.6 is 0 Å². The third kappa shape index (κ3) is 6.37. The first-order valence-electron chi connectivity index (χ1n) is 11.7. The third-order valence-electron chi connectivity index (χ3n) is 6.07. The summed E-state index contributed by atoms with van der Waals surface area (Å²) in [7, 11) is 0. The fourth-order valence-electron chi connectivity index (χ4n) is 4.30. The number of ether oxygens (including phenoxy) is 1. The van der Waals surface area contributed by atoms with E-state index in [0.717, 1.165) is 22.3 Å². The monoisotopic (exact) mass is 466 g/mol. The average molecular weight is 467 g/mol. The number of carbonyl (C=O) groups is 3. The largest absolute Gasteiger partial charge is 0.480 e. The topological polar surface area (TPSA) is 105 Å². The van der Waals surface area contributed by atoms with E-state index in [-0.39, 0.29) is 30.4 Å². The number of aliphatic carboxylic acids is 1. The van der Waals surface area contributed by atoms with Gasteiger partial charge in [0.2, 0.25) is 5.91 Å². The van der Waals surface area contributed by atoms with Crippen molar-refractivity contribution in [1.82, 2.24) is 10.6 Å². The molecule has 0 radical (unpaired) electrons. The van der Waals surface area contributed by atoms with Gasteiger partial charge in [0, 0.05) is 18.4 Å². The lowest BCUT2D eigenvalue weighted by molar-refractivity contribution is -0.143. The maximum absolute atomic E-state index is 12.4. The van der Waals surface area contributed by atoms with Gasteiger partial charge in [-0.3, -0.25) is 4.79 Å². The molecule has 0 saturated heterocycles. The molecule has 7 nitrogen and oxygen atoms in total. The molecule has 1 aliphatic rings. The van der Waals surface area contributed by atoms with Gasteiger partial charge >= 0.3 is 12.1 Å². The number of alkyl carbamates (subject to hydrolysis) is 1. The van der Waals surface area contributed by atoms with E-state index in [4.69, 9.17) is 4.74 Å². The Bertz CT molecular complexity index is 998. The third-order valence-corrected chi connectivity index (χ3v) is 6.07. The van der Waals surface area contributed by atoms with E-state index in [9.17, 15) is 19.5 Å². The van der Waals surface area contributed by atoms with Crippen LogP contribution in [0.1, 0.15) is 57.6 Å². The van der Waals surface area contributed by atoms with Crippen molar-refractivity contribution in [2.24, 2.45) is 11.3 Å². The Morgan fingerprint density at radius 1 is 1.00 bits per heavy atom. The number of carboxylic acids is 1.